The molecule has 2 atom stereocenters. The molecule has 0 aliphatic carbocycles. The fourth-order valence-corrected chi connectivity index (χ4v) is 2.06. The van der Waals surface area contributed by atoms with E-state index < -0.39 is 12.2 Å². The van der Waals surface area contributed by atoms with E-state index in [0.29, 0.717) is 12.2 Å². The summed E-state index contributed by atoms with van der Waals surface area (Å²) in [6, 6.07) is 1.73. The highest BCUT2D eigenvalue weighted by Crippen LogP contribution is 2.15. The van der Waals surface area contributed by atoms with Crippen molar-refractivity contribution >= 4 is 5.91 Å². The summed E-state index contributed by atoms with van der Waals surface area (Å²) >= 11 is 0. The van der Waals surface area contributed by atoms with Crippen LogP contribution in [0.1, 0.15) is 23.1 Å². The zero-order chi connectivity index (χ0) is 12.6. The summed E-state index contributed by atoms with van der Waals surface area (Å²) in [4.78, 5) is 13.6. The van der Waals surface area contributed by atoms with Crippen LogP contribution in [0.5, 0.6) is 0 Å². The number of amides is 1. The van der Waals surface area contributed by atoms with Crippen molar-refractivity contribution in [3.05, 3.63) is 17.5 Å². The van der Waals surface area contributed by atoms with Crippen LogP contribution >= 0.6 is 0 Å². The molecular weight excluding hydrogens is 222 g/mol. The smallest absolute Gasteiger partial charge is 0.272 e. The molecular formula is C11H17N3O3. The largest absolute Gasteiger partial charge is 0.388 e. The Bertz CT molecular complexity index is 420. The zero-order valence-electron chi connectivity index (χ0n) is 10.00. The molecule has 2 unspecified atom stereocenters. The van der Waals surface area contributed by atoms with E-state index in [9.17, 15) is 15.0 Å². The van der Waals surface area contributed by atoms with E-state index in [1.807, 2.05) is 13.8 Å². The van der Waals surface area contributed by atoms with Gasteiger partial charge in [0.1, 0.15) is 5.69 Å². The first-order valence-electron chi connectivity index (χ1n) is 5.72. The van der Waals surface area contributed by atoms with Crippen LogP contribution in [0.3, 0.4) is 0 Å². The van der Waals surface area contributed by atoms with E-state index in [-0.39, 0.29) is 19.0 Å². The molecule has 1 aromatic heterocycles. The van der Waals surface area contributed by atoms with E-state index in [4.69, 9.17) is 0 Å². The van der Waals surface area contributed by atoms with Gasteiger partial charge in [-0.05, 0) is 19.9 Å². The van der Waals surface area contributed by atoms with Crippen LogP contribution in [-0.4, -0.2) is 56.1 Å². The molecule has 94 valence electrons. The van der Waals surface area contributed by atoms with Crippen LogP contribution in [0.4, 0.5) is 0 Å². The quantitative estimate of drug-likeness (QED) is 0.721. The SMILES string of the molecule is CCn1nc(C)cc1C(=O)N1CC(O)C(O)C1. The standard InChI is InChI=1S/C11H17N3O3/c1-3-14-8(4-7(2)12-14)11(17)13-5-9(15)10(16)6-13/h4,9-10,15-16H,3,5-6H2,1-2H3. The van der Waals surface area contributed by atoms with Gasteiger partial charge in [-0.2, -0.15) is 5.10 Å². The Hall–Kier alpha value is -1.40. The van der Waals surface area contributed by atoms with Crippen molar-refractivity contribution in [2.24, 2.45) is 0 Å². The summed E-state index contributed by atoms with van der Waals surface area (Å²) in [6.45, 7) is 4.71. The first-order chi connectivity index (χ1) is 8.02. The zero-order valence-corrected chi connectivity index (χ0v) is 10.00. The van der Waals surface area contributed by atoms with E-state index in [1.165, 1.54) is 4.90 Å². The molecule has 1 fully saturated rings. The van der Waals surface area contributed by atoms with Gasteiger partial charge in [-0.15, -0.1) is 0 Å². The fourth-order valence-electron chi connectivity index (χ4n) is 2.06. The predicted octanol–water partition coefficient (Wildman–Crippen LogP) is -0.611. The Morgan fingerprint density at radius 3 is 2.59 bits per heavy atom. The number of carbonyl (C=O) groups is 1. The molecule has 6 nitrogen and oxygen atoms in total. The maximum absolute atomic E-state index is 12.2. The maximum Gasteiger partial charge on any atom is 0.272 e. The number of nitrogens with zero attached hydrogens (tertiary/aromatic N) is 3. The van der Waals surface area contributed by atoms with Crippen LogP contribution in [0.25, 0.3) is 0 Å². The summed E-state index contributed by atoms with van der Waals surface area (Å²) in [5.41, 5.74) is 1.29. The number of β-amino-alcohol motifs (C(OH)–C–C–N with tert-alkyl or cyclic N) is 2. The van der Waals surface area contributed by atoms with Gasteiger partial charge in [-0.25, -0.2) is 0 Å². The first-order valence-corrected chi connectivity index (χ1v) is 5.72. The second-order valence-corrected chi connectivity index (χ2v) is 4.33. The van der Waals surface area contributed by atoms with Crippen molar-refractivity contribution in [1.29, 1.82) is 0 Å². The highest BCUT2D eigenvalue weighted by atomic mass is 16.3. The van der Waals surface area contributed by atoms with Gasteiger partial charge in [0.05, 0.1) is 17.9 Å². The Morgan fingerprint density at radius 2 is 2.06 bits per heavy atom. The summed E-state index contributed by atoms with van der Waals surface area (Å²) < 4.78 is 1.63. The second-order valence-electron chi connectivity index (χ2n) is 4.33. The van der Waals surface area contributed by atoms with Crippen molar-refractivity contribution < 1.29 is 15.0 Å². The van der Waals surface area contributed by atoms with Crippen LogP contribution < -0.4 is 0 Å². The van der Waals surface area contributed by atoms with E-state index in [2.05, 4.69) is 5.10 Å². The number of aliphatic hydroxyl groups is 2. The van der Waals surface area contributed by atoms with E-state index in [0.717, 1.165) is 5.69 Å². The van der Waals surface area contributed by atoms with Gasteiger partial charge in [0, 0.05) is 19.6 Å². The minimum Gasteiger partial charge on any atom is -0.388 e. The number of rotatable bonds is 2. The topological polar surface area (TPSA) is 78.6 Å². The molecule has 1 aromatic rings. The Kier molecular flexibility index (Phi) is 3.17. The molecule has 0 bridgehead atoms. The van der Waals surface area contributed by atoms with Gasteiger partial charge in [-0.3, -0.25) is 9.48 Å². The number of aromatic nitrogens is 2. The fraction of sp³-hybridized carbons (Fsp3) is 0.636. The Morgan fingerprint density at radius 1 is 1.47 bits per heavy atom. The number of hydrogen-bond acceptors (Lipinski definition) is 4. The van der Waals surface area contributed by atoms with Gasteiger partial charge in [0.25, 0.3) is 5.91 Å². The summed E-state index contributed by atoms with van der Waals surface area (Å²) in [5, 5.41) is 23.1. The van der Waals surface area contributed by atoms with Gasteiger partial charge in [0.2, 0.25) is 0 Å². The summed E-state index contributed by atoms with van der Waals surface area (Å²) in [7, 11) is 0. The molecule has 1 aliphatic heterocycles. The predicted molar refractivity (Wildman–Crippen MR) is 60.6 cm³/mol. The summed E-state index contributed by atoms with van der Waals surface area (Å²) in [6.07, 6.45) is -1.70. The van der Waals surface area contributed by atoms with Crippen molar-refractivity contribution in [3.63, 3.8) is 0 Å². The molecule has 2 N–H and O–H groups in total. The van der Waals surface area contributed by atoms with Crippen molar-refractivity contribution in [2.45, 2.75) is 32.6 Å². The highest BCUT2D eigenvalue weighted by molar-refractivity contribution is 5.93. The minimum atomic E-state index is -0.849. The van der Waals surface area contributed by atoms with E-state index in [1.54, 1.807) is 10.7 Å². The molecule has 2 rings (SSSR count). The molecule has 1 saturated heterocycles. The third-order valence-electron chi connectivity index (χ3n) is 2.97. The highest BCUT2D eigenvalue weighted by Gasteiger charge is 2.34. The number of hydrogen-bond donors (Lipinski definition) is 2. The maximum atomic E-state index is 12.2. The lowest BCUT2D eigenvalue weighted by Crippen LogP contribution is -2.31. The molecule has 6 heteroatoms. The molecule has 0 spiro atoms. The van der Waals surface area contributed by atoms with Crippen LogP contribution in [0.15, 0.2) is 6.07 Å². The number of aryl methyl sites for hydroxylation is 2. The lowest BCUT2D eigenvalue weighted by molar-refractivity contribution is 0.0572. The van der Waals surface area contributed by atoms with Crippen molar-refractivity contribution in [3.8, 4) is 0 Å². The normalized spacial score (nSPS) is 24.4. The van der Waals surface area contributed by atoms with Crippen LogP contribution in [0.2, 0.25) is 0 Å². The first kappa shape index (κ1) is 12.1. The monoisotopic (exact) mass is 239 g/mol. The van der Waals surface area contributed by atoms with Gasteiger partial charge in [0.15, 0.2) is 0 Å². The van der Waals surface area contributed by atoms with Crippen molar-refractivity contribution in [2.75, 3.05) is 13.1 Å². The average molecular weight is 239 g/mol. The van der Waals surface area contributed by atoms with Crippen LogP contribution in [0, 0.1) is 6.92 Å². The third-order valence-corrected chi connectivity index (χ3v) is 2.97. The Balaban J connectivity index is 2.20. The molecule has 2 heterocycles. The molecule has 1 amide bonds. The van der Waals surface area contributed by atoms with Gasteiger partial charge < -0.3 is 15.1 Å². The minimum absolute atomic E-state index is 0.175. The summed E-state index contributed by atoms with van der Waals surface area (Å²) in [5.74, 6) is -0.192. The second kappa shape index (κ2) is 4.46. The van der Waals surface area contributed by atoms with E-state index >= 15 is 0 Å². The average Bonchev–Trinajstić information content (AvgIpc) is 2.82. The molecule has 0 radical (unpaired) electrons. The van der Waals surface area contributed by atoms with Crippen molar-refractivity contribution in [1.82, 2.24) is 14.7 Å². The van der Waals surface area contributed by atoms with Gasteiger partial charge in [-0.1, -0.05) is 0 Å². The Labute approximate surface area is 99.5 Å². The molecule has 0 saturated carbocycles. The van der Waals surface area contributed by atoms with Crippen LogP contribution in [-0.2, 0) is 6.54 Å². The lowest BCUT2D eigenvalue weighted by Gasteiger charge is -2.15. The molecule has 17 heavy (non-hydrogen) atoms. The lowest BCUT2D eigenvalue weighted by atomic mass is 10.3. The third kappa shape index (κ3) is 2.18. The number of likely N-dealkylation sites (tertiary alicyclic amines) is 1. The molecule has 1 aliphatic rings. The van der Waals surface area contributed by atoms with Gasteiger partial charge >= 0.3 is 0 Å². The number of carbonyl (C=O) groups excluding carboxylic acids is 1. The number of aliphatic hydroxyl groups excluding tert-OH is 2. The molecule has 0 aromatic carbocycles.